The molecule has 230 valence electrons. The van der Waals surface area contributed by atoms with Crippen LogP contribution in [0, 0.1) is 0 Å². The lowest BCUT2D eigenvalue weighted by molar-refractivity contribution is 0.661. The van der Waals surface area contributed by atoms with E-state index in [2.05, 4.69) is 170 Å². The Hall–Kier alpha value is -5.70. The van der Waals surface area contributed by atoms with Crippen LogP contribution in [0.15, 0.2) is 152 Å². The van der Waals surface area contributed by atoms with Crippen molar-refractivity contribution in [3.8, 4) is 27.9 Å². The molecule has 0 spiro atoms. The van der Waals surface area contributed by atoms with Crippen LogP contribution in [0.2, 0.25) is 0 Å². The Morgan fingerprint density at radius 2 is 1.16 bits per heavy atom. The van der Waals surface area contributed by atoms with Gasteiger partial charge in [0.1, 0.15) is 0 Å². The van der Waals surface area contributed by atoms with E-state index < -0.39 is 0 Å². The predicted octanol–water partition coefficient (Wildman–Crippen LogP) is 13.4. The van der Waals surface area contributed by atoms with Crippen molar-refractivity contribution in [3.05, 3.63) is 163 Å². The molecule has 0 amide bonds. The van der Waals surface area contributed by atoms with E-state index in [9.17, 15) is 0 Å². The Bertz CT molecular complexity index is 3010. The van der Waals surface area contributed by atoms with Gasteiger partial charge in [0.25, 0.3) is 0 Å². The second-order valence-corrected chi connectivity index (χ2v) is 15.2. The standard InChI is InChI=1S/C47H31NS/c1-47(2)39-13-7-5-11-34(39)36-26-38-42(27-40(36)47)48(41-23-19-30-16-15-29-9-3-4-10-33(29)45(30)46(38)41)32-21-17-28(18-22-32)31-20-24-44-37(25-31)35-12-6-8-14-43(35)49-44/h3-27H,1-2H3. The summed E-state index contributed by atoms with van der Waals surface area (Å²) in [6.07, 6.45) is 0. The number of aromatic nitrogens is 1. The van der Waals surface area contributed by atoms with Crippen molar-refractivity contribution in [2.45, 2.75) is 19.3 Å². The normalized spacial score (nSPS) is 13.7. The Kier molecular flexibility index (Phi) is 5.39. The van der Waals surface area contributed by atoms with E-state index in [1.807, 2.05) is 11.3 Å². The van der Waals surface area contributed by atoms with Gasteiger partial charge in [0.2, 0.25) is 0 Å². The number of hydrogen-bond acceptors (Lipinski definition) is 1. The van der Waals surface area contributed by atoms with Crippen LogP contribution < -0.4 is 0 Å². The fraction of sp³-hybridized carbons (Fsp3) is 0.0638. The molecule has 1 nitrogen and oxygen atoms in total. The minimum absolute atomic E-state index is 0.0789. The van der Waals surface area contributed by atoms with Gasteiger partial charge in [-0.25, -0.2) is 0 Å². The Morgan fingerprint density at radius 3 is 2.06 bits per heavy atom. The molecule has 1 aliphatic carbocycles. The molecule has 0 aliphatic heterocycles. The minimum Gasteiger partial charge on any atom is -0.309 e. The van der Waals surface area contributed by atoms with Crippen molar-refractivity contribution >= 4 is 74.9 Å². The van der Waals surface area contributed by atoms with Crippen LogP contribution in [-0.4, -0.2) is 4.57 Å². The quantitative estimate of drug-likeness (QED) is 0.166. The molecule has 0 bridgehead atoms. The zero-order valence-electron chi connectivity index (χ0n) is 27.3. The third-order valence-corrected chi connectivity index (χ3v) is 12.3. The van der Waals surface area contributed by atoms with Gasteiger partial charge in [0.15, 0.2) is 0 Å². The topological polar surface area (TPSA) is 4.93 Å². The third-order valence-electron chi connectivity index (χ3n) is 11.2. The number of rotatable bonds is 2. The zero-order valence-corrected chi connectivity index (χ0v) is 28.1. The van der Waals surface area contributed by atoms with Gasteiger partial charge in [-0.15, -0.1) is 11.3 Å². The highest BCUT2D eigenvalue weighted by Crippen LogP contribution is 2.52. The number of nitrogens with zero attached hydrogens (tertiary/aromatic N) is 1. The van der Waals surface area contributed by atoms with E-state index in [0.29, 0.717) is 0 Å². The highest BCUT2D eigenvalue weighted by molar-refractivity contribution is 7.25. The highest BCUT2D eigenvalue weighted by Gasteiger charge is 2.36. The SMILES string of the molecule is CC1(C)c2ccccc2-c2cc3c4c5c(ccc6ccccc65)ccc4n(-c4ccc(-c5ccc6sc7ccccc7c6c5)cc4)c3cc21. The molecule has 2 heteroatoms. The first-order chi connectivity index (χ1) is 24.0. The van der Waals surface area contributed by atoms with Crippen LogP contribution in [0.3, 0.4) is 0 Å². The van der Waals surface area contributed by atoms with Crippen molar-refractivity contribution < 1.29 is 0 Å². The molecule has 8 aromatic carbocycles. The van der Waals surface area contributed by atoms with Gasteiger partial charge in [0, 0.05) is 42.0 Å². The molecule has 0 radical (unpaired) electrons. The molecular formula is C47H31NS. The summed E-state index contributed by atoms with van der Waals surface area (Å²) in [5.74, 6) is 0. The Labute approximate surface area is 288 Å². The van der Waals surface area contributed by atoms with Gasteiger partial charge < -0.3 is 4.57 Å². The lowest BCUT2D eigenvalue weighted by atomic mass is 9.82. The summed E-state index contributed by atoms with van der Waals surface area (Å²) in [4.78, 5) is 0. The molecule has 0 saturated heterocycles. The largest absolute Gasteiger partial charge is 0.309 e. The smallest absolute Gasteiger partial charge is 0.0547 e. The monoisotopic (exact) mass is 641 g/mol. The van der Waals surface area contributed by atoms with E-state index in [4.69, 9.17) is 0 Å². The molecule has 0 N–H and O–H groups in total. The lowest BCUT2D eigenvalue weighted by Crippen LogP contribution is -2.14. The molecule has 2 heterocycles. The second kappa shape index (κ2) is 9.69. The van der Waals surface area contributed by atoms with Gasteiger partial charge in [-0.3, -0.25) is 0 Å². The molecule has 0 atom stereocenters. The second-order valence-electron chi connectivity index (χ2n) is 14.1. The maximum absolute atomic E-state index is 2.50. The molecule has 0 saturated carbocycles. The summed E-state index contributed by atoms with van der Waals surface area (Å²) in [5, 5.41) is 10.5. The molecule has 0 fully saturated rings. The van der Waals surface area contributed by atoms with Gasteiger partial charge in [-0.05, 0) is 103 Å². The Morgan fingerprint density at radius 1 is 0.449 bits per heavy atom. The van der Waals surface area contributed by atoms with Gasteiger partial charge in [-0.1, -0.05) is 117 Å². The van der Waals surface area contributed by atoms with E-state index >= 15 is 0 Å². The lowest BCUT2D eigenvalue weighted by Gasteiger charge is -2.21. The van der Waals surface area contributed by atoms with Crippen LogP contribution in [0.4, 0.5) is 0 Å². The average Bonchev–Trinajstić information content (AvgIpc) is 3.76. The molecule has 10 aromatic rings. The minimum atomic E-state index is -0.0789. The first-order valence-electron chi connectivity index (χ1n) is 17.1. The van der Waals surface area contributed by atoms with E-state index in [0.717, 1.165) is 0 Å². The molecule has 2 aromatic heterocycles. The van der Waals surface area contributed by atoms with Crippen LogP contribution in [0.1, 0.15) is 25.0 Å². The fourth-order valence-corrected chi connectivity index (χ4v) is 9.87. The molecule has 1 aliphatic rings. The van der Waals surface area contributed by atoms with Gasteiger partial charge in [-0.2, -0.15) is 0 Å². The molecule has 11 rings (SSSR count). The first kappa shape index (κ1) is 27.3. The first-order valence-corrected chi connectivity index (χ1v) is 17.9. The number of fused-ring (bicyclic) bond motifs is 13. The van der Waals surface area contributed by atoms with Crippen molar-refractivity contribution in [3.63, 3.8) is 0 Å². The van der Waals surface area contributed by atoms with Gasteiger partial charge >= 0.3 is 0 Å². The fourth-order valence-electron chi connectivity index (χ4n) is 8.78. The average molecular weight is 642 g/mol. The summed E-state index contributed by atoms with van der Waals surface area (Å²) >= 11 is 1.87. The summed E-state index contributed by atoms with van der Waals surface area (Å²) in [5.41, 5.74) is 11.6. The summed E-state index contributed by atoms with van der Waals surface area (Å²) in [6, 6.07) is 56.9. The number of hydrogen-bond donors (Lipinski definition) is 0. The Balaban J connectivity index is 1.18. The van der Waals surface area contributed by atoms with Crippen molar-refractivity contribution in [2.75, 3.05) is 0 Å². The van der Waals surface area contributed by atoms with Crippen LogP contribution in [-0.2, 0) is 5.41 Å². The molecular weight excluding hydrogens is 611 g/mol. The van der Waals surface area contributed by atoms with Crippen LogP contribution in [0.25, 0.3) is 91.5 Å². The number of thiophene rings is 1. The van der Waals surface area contributed by atoms with Crippen LogP contribution in [0.5, 0.6) is 0 Å². The number of benzene rings is 8. The maximum Gasteiger partial charge on any atom is 0.0547 e. The summed E-state index contributed by atoms with van der Waals surface area (Å²) in [7, 11) is 0. The highest BCUT2D eigenvalue weighted by atomic mass is 32.1. The molecule has 0 unspecified atom stereocenters. The van der Waals surface area contributed by atoms with Crippen molar-refractivity contribution in [1.29, 1.82) is 0 Å². The molecule has 49 heavy (non-hydrogen) atoms. The van der Waals surface area contributed by atoms with Gasteiger partial charge in [0.05, 0.1) is 11.0 Å². The maximum atomic E-state index is 2.50. The predicted molar refractivity (Wildman–Crippen MR) is 212 cm³/mol. The summed E-state index contributed by atoms with van der Waals surface area (Å²) in [6.45, 7) is 4.75. The summed E-state index contributed by atoms with van der Waals surface area (Å²) < 4.78 is 5.18. The third kappa shape index (κ3) is 3.70. The van der Waals surface area contributed by atoms with Crippen molar-refractivity contribution in [1.82, 2.24) is 4.57 Å². The van der Waals surface area contributed by atoms with E-state index in [1.165, 1.54) is 103 Å². The van der Waals surface area contributed by atoms with E-state index in [1.54, 1.807) is 0 Å². The van der Waals surface area contributed by atoms with Crippen LogP contribution >= 0.6 is 11.3 Å². The van der Waals surface area contributed by atoms with E-state index in [-0.39, 0.29) is 5.41 Å². The van der Waals surface area contributed by atoms with Crippen molar-refractivity contribution in [2.24, 2.45) is 0 Å². The zero-order chi connectivity index (χ0) is 32.4.